The molecule has 2 unspecified atom stereocenters. The largest absolute Gasteiger partial charge is 0.472 e. The Bertz CT molecular complexity index is 1650. The molecule has 3 N–H and O–H groups in total. The maximum absolute atomic E-state index is 13.0. The number of carbonyl (C=O) groups excluding carboxylic acids is 4. The molecule has 0 aliphatic carbocycles. The summed E-state index contributed by atoms with van der Waals surface area (Å²) in [6.45, 7) is 9.36. The Morgan fingerprint density at radius 3 is 0.810 bits per heavy atom. The second-order valence-corrected chi connectivity index (χ2v) is 27.4. The molecule has 0 rings (SSSR count). The smallest absolute Gasteiger partial charge is 0.462 e. The third-order valence-corrected chi connectivity index (χ3v) is 16.9. The summed E-state index contributed by atoms with van der Waals surface area (Å²) >= 11 is 0. The highest BCUT2D eigenvalue weighted by Crippen LogP contribution is 2.45. The fourth-order valence-electron chi connectivity index (χ4n) is 9.71. The van der Waals surface area contributed by atoms with Crippen molar-refractivity contribution < 1.29 is 80.2 Å². The third kappa shape index (κ3) is 59.0. The standard InChI is InChI=1S/C65H126O17P2/c1-7-9-11-13-14-15-16-17-18-19-20-21-24-31-37-43-49-64(69)82-61(54-76-63(68)48-42-36-30-25-22-23-28-34-39-45-57(3)4)56-80-84(73,74)78-52-59(66)51-77-83(71,72)79-55-60(53-75-62(67)47-41-33-12-10-8-2)81-65(70)50-44-38-32-27-26-29-35-40-46-58(5)6/h57-61,66H,7-56H2,1-6H3,(H,71,72)(H,73,74)/t59-,60+,61+/m0/s1. The van der Waals surface area contributed by atoms with Crippen molar-refractivity contribution in [1.29, 1.82) is 0 Å². The van der Waals surface area contributed by atoms with Gasteiger partial charge < -0.3 is 33.8 Å². The molecule has 84 heavy (non-hydrogen) atoms. The fraction of sp³-hybridized carbons (Fsp3) is 0.938. The van der Waals surface area contributed by atoms with Crippen LogP contribution in [0, 0.1) is 11.8 Å². The van der Waals surface area contributed by atoms with E-state index in [9.17, 15) is 43.2 Å². The van der Waals surface area contributed by atoms with Crippen LogP contribution in [0.1, 0.15) is 324 Å². The normalized spacial score (nSPS) is 14.3. The lowest BCUT2D eigenvalue weighted by Gasteiger charge is -2.21. The number of aliphatic hydroxyl groups excluding tert-OH is 1. The lowest BCUT2D eigenvalue weighted by Crippen LogP contribution is -2.30. The lowest BCUT2D eigenvalue weighted by atomic mass is 10.0. The molecule has 0 bridgehead atoms. The van der Waals surface area contributed by atoms with Crippen molar-refractivity contribution in [3.05, 3.63) is 0 Å². The summed E-state index contributed by atoms with van der Waals surface area (Å²) in [5.41, 5.74) is 0. The molecule has 0 aliphatic rings. The number of phosphoric acid groups is 2. The van der Waals surface area contributed by atoms with Crippen LogP contribution in [0.25, 0.3) is 0 Å². The zero-order valence-electron chi connectivity index (χ0n) is 54.2. The summed E-state index contributed by atoms with van der Waals surface area (Å²) in [4.78, 5) is 72.0. The minimum absolute atomic E-state index is 0.103. The van der Waals surface area contributed by atoms with E-state index in [2.05, 4.69) is 41.5 Å². The minimum Gasteiger partial charge on any atom is -0.462 e. The second kappa shape index (κ2) is 57.5. The number of esters is 4. The molecular weight excluding hydrogens is 1110 g/mol. The number of aliphatic hydroxyl groups is 1. The molecule has 0 radical (unpaired) electrons. The van der Waals surface area contributed by atoms with Gasteiger partial charge in [0.25, 0.3) is 0 Å². The molecule has 0 aromatic carbocycles. The predicted molar refractivity (Wildman–Crippen MR) is 335 cm³/mol. The lowest BCUT2D eigenvalue weighted by molar-refractivity contribution is -0.161. The van der Waals surface area contributed by atoms with Crippen LogP contribution in [0.3, 0.4) is 0 Å². The first-order valence-electron chi connectivity index (χ1n) is 34.0. The molecule has 0 saturated heterocycles. The van der Waals surface area contributed by atoms with Gasteiger partial charge in [-0.25, -0.2) is 9.13 Å². The van der Waals surface area contributed by atoms with Gasteiger partial charge in [0, 0.05) is 25.7 Å². The van der Waals surface area contributed by atoms with Crippen LogP contribution in [-0.4, -0.2) is 96.7 Å². The van der Waals surface area contributed by atoms with E-state index in [1.54, 1.807) is 0 Å². The van der Waals surface area contributed by atoms with Crippen LogP contribution in [-0.2, 0) is 65.4 Å². The van der Waals surface area contributed by atoms with Crippen LogP contribution in [0.15, 0.2) is 0 Å². The highest BCUT2D eigenvalue weighted by Gasteiger charge is 2.30. The highest BCUT2D eigenvalue weighted by atomic mass is 31.2. The van der Waals surface area contributed by atoms with E-state index in [-0.39, 0.29) is 25.7 Å². The molecule has 498 valence electrons. The van der Waals surface area contributed by atoms with Gasteiger partial charge in [0.05, 0.1) is 26.4 Å². The van der Waals surface area contributed by atoms with Crippen molar-refractivity contribution in [2.75, 3.05) is 39.6 Å². The van der Waals surface area contributed by atoms with Gasteiger partial charge in [0.2, 0.25) is 0 Å². The third-order valence-electron chi connectivity index (χ3n) is 15.0. The van der Waals surface area contributed by atoms with Gasteiger partial charge in [-0.1, -0.05) is 273 Å². The van der Waals surface area contributed by atoms with E-state index < -0.39 is 97.5 Å². The van der Waals surface area contributed by atoms with Gasteiger partial charge in [-0.15, -0.1) is 0 Å². The average molecular weight is 1240 g/mol. The molecule has 17 nitrogen and oxygen atoms in total. The summed E-state index contributed by atoms with van der Waals surface area (Å²) in [6, 6.07) is 0. The van der Waals surface area contributed by atoms with E-state index >= 15 is 0 Å². The van der Waals surface area contributed by atoms with E-state index in [0.717, 1.165) is 108 Å². The van der Waals surface area contributed by atoms with Crippen molar-refractivity contribution >= 4 is 39.5 Å². The molecule has 0 aliphatic heterocycles. The molecule has 0 saturated carbocycles. The molecule has 0 aromatic heterocycles. The molecule has 0 heterocycles. The van der Waals surface area contributed by atoms with Crippen LogP contribution < -0.4 is 0 Å². The van der Waals surface area contributed by atoms with E-state index in [4.69, 9.17) is 37.0 Å². The SMILES string of the molecule is CCCCCCCCCCCCCCCCCCC(=O)O[C@H](COC(=O)CCCCCCCCCCCC(C)C)COP(=O)(O)OC[C@@H](O)COP(=O)(O)OC[C@@H](COC(=O)CCCCCCC)OC(=O)CCCCCCCCCCC(C)C. The summed E-state index contributed by atoms with van der Waals surface area (Å²) in [5, 5.41) is 10.5. The summed E-state index contributed by atoms with van der Waals surface area (Å²) in [6.07, 6.45) is 40.7. The summed E-state index contributed by atoms with van der Waals surface area (Å²) in [5.74, 6) is -0.681. The Kier molecular flexibility index (Phi) is 56.2. The minimum atomic E-state index is -4.94. The van der Waals surface area contributed by atoms with Crippen molar-refractivity contribution in [2.24, 2.45) is 11.8 Å². The van der Waals surface area contributed by atoms with Gasteiger partial charge in [0.15, 0.2) is 12.2 Å². The molecule has 19 heteroatoms. The first-order valence-corrected chi connectivity index (χ1v) is 37.0. The van der Waals surface area contributed by atoms with E-state index in [1.165, 1.54) is 135 Å². The molecule has 0 aromatic rings. The fourth-order valence-corrected chi connectivity index (χ4v) is 11.3. The van der Waals surface area contributed by atoms with Crippen molar-refractivity contribution in [3.63, 3.8) is 0 Å². The summed E-state index contributed by atoms with van der Waals surface area (Å²) < 4.78 is 67.9. The Hall–Kier alpha value is -1.94. The van der Waals surface area contributed by atoms with Crippen molar-refractivity contribution in [3.8, 4) is 0 Å². The van der Waals surface area contributed by atoms with Gasteiger partial charge >= 0.3 is 39.5 Å². The van der Waals surface area contributed by atoms with Crippen LogP contribution in [0.2, 0.25) is 0 Å². The number of rotatable bonds is 64. The van der Waals surface area contributed by atoms with Gasteiger partial charge in [-0.3, -0.25) is 37.3 Å². The first-order chi connectivity index (χ1) is 40.4. The monoisotopic (exact) mass is 1240 g/mol. The maximum Gasteiger partial charge on any atom is 0.472 e. The topological polar surface area (TPSA) is 237 Å². The Labute approximate surface area is 511 Å². The Balaban J connectivity index is 5.17. The summed E-state index contributed by atoms with van der Waals surface area (Å²) in [7, 11) is -9.88. The van der Waals surface area contributed by atoms with Gasteiger partial charge in [-0.05, 0) is 37.5 Å². The number of ether oxygens (including phenoxy) is 4. The van der Waals surface area contributed by atoms with Gasteiger partial charge in [0.1, 0.15) is 19.3 Å². The highest BCUT2D eigenvalue weighted by molar-refractivity contribution is 7.47. The zero-order chi connectivity index (χ0) is 62.2. The van der Waals surface area contributed by atoms with Crippen LogP contribution >= 0.6 is 15.6 Å². The Morgan fingerprint density at radius 1 is 0.321 bits per heavy atom. The number of phosphoric ester groups is 2. The van der Waals surface area contributed by atoms with E-state index in [0.29, 0.717) is 25.7 Å². The number of unbranched alkanes of at least 4 members (excludes halogenated alkanes) is 34. The quantitative estimate of drug-likeness (QED) is 0.0222. The first kappa shape index (κ1) is 82.1. The molecule has 5 atom stereocenters. The number of hydrogen-bond donors (Lipinski definition) is 3. The number of carbonyl (C=O) groups is 4. The van der Waals surface area contributed by atoms with Crippen molar-refractivity contribution in [2.45, 2.75) is 342 Å². The zero-order valence-corrected chi connectivity index (χ0v) is 56.0. The van der Waals surface area contributed by atoms with Gasteiger partial charge in [-0.2, -0.15) is 0 Å². The van der Waals surface area contributed by atoms with Crippen LogP contribution in [0.4, 0.5) is 0 Å². The average Bonchev–Trinajstić information content (AvgIpc) is 3.58. The van der Waals surface area contributed by atoms with Crippen molar-refractivity contribution in [1.82, 2.24) is 0 Å². The molecule has 0 fully saturated rings. The number of hydrogen-bond acceptors (Lipinski definition) is 15. The Morgan fingerprint density at radius 2 is 0.548 bits per heavy atom. The predicted octanol–water partition coefficient (Wildman–Crippen LogP) is 18.0. The molecular formula is C65H126O17P2. The van der Waals surface area contributed by atoms with Crippen LogP contribution in [0.5, 0.6) is 0 Å². The van der Waals surface area contributed by atoms with E-state index in [1.807, 2.05) is 0 Å². The molecule has 0 amide bonds. The second-order valence-electron chi connectivity index (χ2n) is 24.5. The molecule has 0 spiro atoms. The maximum atomic E-state index is 13.0.